The van der Waals surface area contributed by atoms with Gasteiger partial charge in [0.15, 0.2) is 5.76 Å². The van der Waals surface area contributed by atoms with E-state index >= 15 is 0 Å². The molecule has 4 fully saturated rings. The maximum absolute atomic E-state index is 13.6. The first-order valence-electron chi connectivity index (χ1n) is 15.9. The van der Waals surface area contributed by atoms with Gasteiger partial charge in [0, 0.05) is 37.2 Å². The third-order valence-electron chi connectivity index (χ3n) is 13.3. The van der Waals surface area contributed by atoms with Crippen LogP contribution in [0.1, 0.15) is 86.5 Å². The van der Waals surface area contributed by atoms with Gasteiger partial charge in [0.1, 0.15) is 0 Å². The van der Waals surface area contributed by atoms with Crippen LogP contribution in [0.4, 0.5) is 4.79 Å². The van der Waals surface area contributed by atoms with Crippen LogP contribution in [0.5, 0.6) is 0 Å². The fourth-order valence-electron chi connectivity index (χ4n) is 9.91. The van der Waals surface area contributed by atoms with Gasteiger partial charge in [-0.15, -0.1) is 0 Å². The van der Waals surface area contributed by atoms with Crippen LogP contribution in [0.15, 0.2) is 46.3 Å². The molecule has 1 aliphatic heterocycles. The Morgan fingerprint density at radius 3 is 2.26 bits per heavy atom. The molecule has 1 N–H and O–H groups in total. The molecule has 0 unspecified atom stereocenters. The normalized spacial score (nSPS) is 41.9. The number of likely N-dealkylation sites (N-methyl/N-ethyl adjacent to an activating group) is 1. The molecule has 5 aliphatic carbocycles. The van der Waals surface area contributed by atoms with Crippen molar-refractivity contribution in [3.05, 3.63) is 46.3 Å². The summed E-state index contributed by atoms with van der Waals surface area (Å²) in [6.07, 6.45) is 12.2. The van der Waals surface area contributed by atoms with Crippen LogP contribution in [-0.4, -0.2) is 66.0 Å². The van der Waals surface area contributed by atoms with Gasteiger partial charge in [-0.1, -0.05) is 45.4 Å². The van der Waals surface area contributed by atoms with Crippen molar-refractivity contribution in [3.63, 3.8) is 0 Å². The van der Waals surface area contributed by atoms with Crippen molar-refractivity contribution >= 4 is 17.8 Å². The summed E-state index contributed by atoms with van der Waals surface area (Å²) in [4.78, 5) is 42.8. The predicted octanol–water partition coefficient (Wildman–Crippen LogP) is 6.52. The second-order valence-corrected chi connectivity index (χ2v) is 15.6. The summed E-state index contributed by atoms with van der Waals surface area (Å²) in [5.41, 5.74) is 3.15. The van der Waals surface area contributed by atoms with Crippen LogP contribution in [-0.2, 0) is 14.3 Å². The second kappa shape index (κ2) is 9.41. The molecule has 0 bridgehead atoms. The summed E-state index contributed by atoms with van der Waals surface area (Å²) in [7, 11) is 2.03. The molecular weight excluding hydrogens is 528 g/mol. The number of carbonyl (C=O) groups is 3. The summed E-state index contributed by atoms with van der Waals surface area (Å²) in [5.74, 6) is -0.435. The Morgan fingerprint density at radius 2 is 1.60 bits per heavy atom. The molecule has 0 aromatic carbocycles. The van der Waals surface area contributed by atoms with E-state index in [0.29, 0.717) is 19.0 Å². The van der Waals surface area contributed by atoms with E-state index in [1.807, 2.05) is 20.9 Å². The smallest absolute Gasteiger partial charge is 0.415 e. The summed E-state index contributed by atoms with van der Waals surface area (Å²) in [6.45, 7) is 16.2. The Bertz CT molecular complexity index is 1380. The Hall–Kier alpha value is -2.67. The maximum atomic E-state index is 13.6. The van der Waals surface area contributed by atoms with Crippen LogP contribution >= 0.6 is 0 Å². The number of aliphatic carboxylic acids is 1. The first-order chi connectivity index (χ1) is 19.6. The third kappa shape index (κ3) is 3.98. The minimum Gasteiger partial charge on any atom is -0.481 e. The van der Waals surface area contributed by atoms with Crippen molar-refractivity contribution in [1.29, 1.82) is 0 Å². The number of nitrogens with zero attached hydrogens (tertiary/aromatic N) is 2. The predicted molar refractivity (Wildman–Crippen MR) is 161 cm³/mol. The summed E-state index contributed by atoms with van der Waals surface area (Å²) in [6, 6.07) is 0. The monoisotopic (exact) mass is 576 g/mol. The summed E-state index contributed by atoms with van der Waals surface area (Å²) >= 11 is 0. The summed E-state index contributed by atoms with van der Waals surface area (Å²) in [5, 5.41) is 10.2. The molecule has 0 radical (unpaired) electrons. The number of hydrogen-bond acceptors (Lipinski definition) is 5. The Morgan fingerprint density at radius 1 is 0.929 bits per heavy atom. The number of piperazine rings is 1. The first-order valence-corrected chi connectivity index (χ1v) is 15.9. The van der Waals surface area contributed by atoms with Crippen LogP contribution < -0.4 is 0 Å². The molecule has 6 atom stereocenters. The molecule has 1 saturated heterocycles. The van der Waals surface area contributed by atoms with Crippen molar-refractivity contribution in [3.8, 4) is 0 Å². The van der Waals surface area contributed by atoms with Crippen LogP contribution in [0.3, 0.4) is 0 Å². The fraction of sp³-hybridized carbons (Fsp3) is 0.686. The minimum atomic E-state index is -0.682. The molecule has 7 nitrogen and oxygen atoms in total. The highest BCUT2D eigenvalue weighted by molar-refractivity contribution is 6.08. The zero-order valence-corrected chi connectivity index (χ0v) is 26.6. The van der Waals surface area contributed by atoms with Crippen LogP contribution in [0, 0.1) is 33.0 Å². The average molecular weight is 577 g/mol. The molecule has 42 heavy (non-hydrogen) atoms. The quantitative estimate of drug-likeness (QED) is 0.403. The van der Waals surface area contributed by atoms with E-state index in [4.69, 9.17) is 4.74 Å². The lowest BCUT2D eigenvalue weighted by atomic mass is 9.34. The van der Waals surface area contributed by atoms with E-state index < -0.39 is 17.5 Å². The number of carbonyl (C=O) groups excluding carboxylic acids is 2. The van der Waals surface area contributed by atoms with Gasteiger partial charge in [-0.2, -0.15) is 0 Å². The zero-order valence-electron chi connectivity index (χ0n) is 26.6. The van der Waals surface area contributed by atoms with Crippen molar-refractivity contribution < 1.29 is 24.2 Å². The van der Waals surface area contributed by atoms with Crippen molar-refractivity contribution in [2.24, 2.45) is 33.0 Å². The number of hydrogen-bond donors (Lipinski definition) is 1. The Balaban J connectivity index is 1.35. The molecule has 6 rings (SSSR count). The zero-order chi connectivity index (χ0) is 30.5. The van der Waals surface area contributed by atoms with Crippen LogP contribution in [0.25, 0.3) is 0 Å². The minimum absolute atomic E-state index is 0.0405. The highest BCUT2D eigenvalue weighted by atomic mass is 16.6. The van der Waals surface area contributed by atoms with Gasteiger partial charge >= 0.3 is 12.1 Å². The third-order valence-corrected chi connectivity index (χ3v) is 13.3. The van der Waals surface area contributed by atoms with Crippen LogP contribution in [0.2, 0.25) is 0 Å². The molecule has 1 heterocycles. The molecule has 3 saturated carbocycles. The molecule has 6 aliphatic rings. The second-order valence-electron chi connectivity index (χ2n) is 15.6. The molecule has 1 amide bonds. The maximum Gasteiger partial charge on any atom is 0.415 e. The number of ether oxygens (including phenoxy) is 1. The van der Waals surface area contributed by atoms with Gasteiger partial charge in [-0.3, -0.25) is 9.59 Å². The summed E-state index contributed by atoms with van der Waals surface area (Å²) < 4.78 is 5.78. The number of allylic oxidation sites excluding steroid dienone is 7. The van der Waals surface area contributed by atoms with E-state index in [-0.39, 0.29) is 33.2 Å². The number of amides is 1. The van der Waals surface area contributed by atoms with Crippen molar-refractivity contribution in [2.75, 3.05) is 33.2 Å². The molecule has 7 heteroatoms. The largest absolute Gasteiger partial charge is 0.481 e. The lowest BCUT2D eigenvalue weighted by Gasteiger charge is -2.70. The van der Waals surface area contributed by atoms with E-state index in [2.05, 4.69) is 44.7 Å². The standard InChI is InChI=1S/C35H48N2O5/c1-22-23-8-9-26-33(4,24(23)20-25(38)28(22)42-30(41)37-18-16-36(7)17-19-37)13-15-35(6)27-21-32(3,29(39)40)11-10-31(27,2)12-14-34(26,35)5/h8-9,20,27H,10-19,21H2,1-7H3,(H,39,40)/t27-,31-,32-,33+,34-,35+/m1/s1. The highest BCUT2D eigenvalue weighted by Crippen LogP contribution is 2.75. The topological polar surface area (TPSA) is 87.2 Å². The molecule has 228 valence electrons. The van der Waals surface area contributed by atoms with Gasteiger partial charge in [-0.25, -0.2) is 4.79 Å². The van der Waals surface area contributed by atoms with Gasteiger partial charge in [0.05, 0.1) is 5.41 Å². The Labute approximate surface area is 250 Å². The van der Waals surface area contributed by atoms with Gasteiger partial charge < -0.3 is 19.6 Å². The number of rotatable bonds is 2. The molecule has 0 spiro atoms. The number of ketones is 1. The molecule has 0 aromatic rings. The van der Waals surface area contributed by atoms with Crippen molar-refractivity contribution in [1.82, 2.24) is 9.80 Å². The highest BCUT2D eigenvalue weighted by Gasteiger charge is 2.67. The average Bonchev–Trinajstić information content (AvgIpc) is 2.94. The van der Waals surface area contributed by atoms with Gasteiger partial charge in [0.25, 0.3) is 0 Å². The van der Waals surface area contributed by atoms with Gasteiger partial charge in [-0.05, 0) is 105 Å². The number of fused-ring (bicyclic) bond motifs is 7. The SMILES string of the molecule is CC1=C(OC(=O)N2CCN(C)CC2)C(=O)C=C2C1=CC=C1[C@@]2(C)CC[C@@]2(C)[C@@H]3C[C@](C)(C(=O)O)CC[C@]3(C)CC[C@]12C. The van der Waals surface area contributed by atoms with E-state index in [1.165, 1.54) is 5.57 Å². The van der Waals surface area contributed by atoms with Crippen molar-refractivity contribution in [2.45, 2.75) is 86.5 Å². The lowest BCUT2D eigenvalue weighted by Crippen LogP contribution is -2.62. The first kappa shape index (κ1) is 29.4. The Kier molecular flexibility index (Phi) is 6.59. The fourth-order valence-corrected chi connectivity index (χ4v) is 9.91. The van der Waals surface area contributed by atoms with E-state index in [1.54, 1.807) is 11.0 Å². The van der Waals surface area contributed by atoms with Gasteiger partial charge in [0.2, 0.25) is 5.78 Å². The van der Waals surface area contributed by atoms with E-state index in [9.17, 15) is 19.5 Å². The lowest BCUT2D eigenvalue weighted by molar-refractivity contribution is -0.178. The van der Waals surface area contributed by atoms with E-state index in [0.717, 1.165) is 74.8 Å². The number of carboxylic acids is 1. The molecule has 0 aromatic heterocycles. The molecular formula is C35H48N2O5. The number of carboxylic acid groups (broad SMARTS) is 1.